The molecule has 302 valence electrons. The predicted octanol–water partition coefficient (Wildman–Crippen LogP) is 18.6. The molecule has 0 saturated carbocycles. The standard InChI is InChI=1S/C24H26Cl2Si.C23H23Cl.CH3I.3HI.V/c1-3-4-5-6-19-7-9-20(10-8-19)21-11-13-22(14-12-21)23-15-17-24(18-16-23)27(2,25)26;1-2-3-4-5-18-6-8-19(9-7-18)20-10-12-21(13-11-20)22-14-16-23(24)17-15-22;1-2;;;;/h7-18H,3-6H2,1-2H3;6-17H,2-5H2,1H3;1H3;3*1H;/q;;;;;;+3/p-3. The number of alkyl halides is 1. The number of rotatable bonds is 13. The molecule has 6 rings (SSSR count). The molecule has 0 spiro atoms. The van der Waals surface area contributed by atoms with Gasteiger partial charge in [-0.15, -0.1) is 22.2 Å². The van der Waals surface area contributed by atoms with Gasteiger partial charge in [0.15, 0.2) is 0 Å². The molecule has 0 atom stereocenters. The van der Waals surface area contributed by atoms with Crippen molar-refractivity contribution in [1.82, 2.24) is 0 Å². The van der Waals surface area contributed by atoms with Gasteiger partial charge in [0, 0.05) is 5.02 Å². The summed E-state index contributed by atoms with van der Waals surface area (Å²) in [6, 6.07) is 51.7. The van der Waals surface area contributed by atoms with Gasteiger partial charge in [-0.2, -0.15) is 0 Å². The van der Waals surface area contributed by atoms with E-state index < -0.39 is 6.69 Å². The Hall–Kier alpha value is -0.0887. The molecule has 0 amide bonds. The fourth-order valence-corrected chi connectivity index (χ4v) is 7.83. The molecule has 0 saturated heterocycles. The summed E-state index contributed by atoms with van der Waals surface area (Å²) in [5, 5.41) is 1.82. The Bertz CT molecular complexity index is 1960. The van der Waals surface area contributed by atoms with Crippen LogP contribution >= 0.6 is 116 Å². The Morgan fingerprint density at radius 3 is 0.895 bits per heavy atom. The maximum absolute atomic E-state index is 6.30. The van der Waals surface area contributed by atoms with Gasteiger partial charge in [-0.05, 0) is 110 Å². The van der Waals surface area contributed by atoms with Crippen molar-refractivity contribution in [3.05, 3.63) is 162 Å². The predicted molar refractivity (Wildman–Crippen MR) is 291 cm³/mol. The third kappa shape index (κ3) is 19.2. The molecular weight excluding hydrogens is 1270 g/mol. The van der Waals surface area contributed by atoms with E-state index in [1.54, 1.807) is 0 Å². The quantitative estimate of drug-likeness (QED) is 0.0355. The topological polar surface area (TPSA) is 0 Å². The molecule has 9 heteroatoms. The van der Waals surface area contributed by atoms with Crippen molar-refractivity contribution in [1.29, 1.82) is 0 Å². The summed E-state index contributed by atoms with van der Waals surface area (Å²) in [7, 11) is 0. The number of hydrogen-bond donors (Lipinski definition) is 0. The van der Waals surface area contributed by atoms with Crippen LogP contribution in [0.25, 0.3) is 44.5 Å². The van der Waals surface area contributed by atoms with Crippen molar-refractivity contribution >= 4 is 128 Å². The van der Waals surface area contributed by atoms with Crippen molar-refractivity contribution in [3.8, 4) is 44.5 Å². The van der Waals surface area contributed by atoms with Crippen molar-refractivity contribution in [3.63, 3.8) is 0 Å². The zero-order chi connectivity index (χ0) is 41.6. The van der Waals surface area contributed by atoms with Crippen LogP contribution in [0.3, 0.4) is 0 Å². The van der Waals surface area contributed by atoms with Gasteiger partial charge >= 0.3 is 64.9 Å². The SMILES string of the molecule is CCCCCc1ccc(-c2ccc(-c3ccc(Cl)cc3)cc2)cc1.CCCCCc1ccc(-c2ccc(-c3ccc([Si](C)(Cl)Cl)cc3)cc2)cc1.CI.[I][V]([I])[I]. The van der Waals surface area contributed by atoms with Crippen molar-refractivity contribution in [2.75, 3.05) is 4.93 Å². The Labute approximate surface area is 410 Å². The van der Waals surface area contributed by atoms with Crippen LogP contribution in [0.2, 0.25) is 11.6 Å². The first-order chi connectivity index (χ1) is 27.5. The van der Waals surface area contributed by atoms with Crippen molar-refractivity contribution in [2.45, 2.75) is 71.8 Å². The van der Waals surface area contributed by atoms with Gasteiger partial charge in [0.2, 0.25) is 0 Å². The third-order valence-corrected chi connectivity index (χ3v) is 12.3. The van der Waals surface area contributed by atoms with Gasteiger partial charge in [0.25, 0.3) is 6.69 Å². The zero-order valence-electron chi connectivity index (χ0n) is 33.1. The summed E-state index contributed by atoms with van der Waals surface area (Å²) in [6.07, 6.45) is 10.1. The average Bonchev–Trinajstić information content (AvgIpc) is 3.23. The summed E-state index contributed by atoms with van der Waals surface area (Å²) < 4.78 is 0. The van der Waals surface area contributed by atoms with Crippen LogP contribution in [-0.2, 0) is 17.8 Å². The minimum absolute atomic E-state index is 0.278. The number of aryl methyl sites for hydroxylation is 2. The molecule has 0 bridgehead atoms. The molecule has 0 aliphatic heterocycles. The Balaban J connectivity index is 0.000000270. The van der Waals surface area contributed by atoms with E-state index in [0.29, 0.717) is 0 Å². The monoisotopic (exact) mass is 1320 g/mol. The van der Waals surface area contributed by atoms with Crippen LogP contribution in [-0.4, -0.2) is 11.6 Å². The van der Waals surface area contributed by atoms with E-state index in [1.165, 1.54) is 107 Å². The molecule has 6 aromatic rings. The molecule has 57 heavy (non-hydrogen) atoms. The summed E-state index contributed by atoms with van der Waals surface area (Å²) in [5.41, 5.74) is 12.7. The molecule has 0 heterocycles. The second-order valence-electron chi connectivity index (χ2n) is 13.6. The van der Waals surface area contributed by atoms with Crippen LogP contribution in [0.15, 0.2) is 146 Å². The molecule has 0 aliphatic carbocycles. The molecule has 0 nitrogen and oxygen atoms in total. The molecule has 0 radical (unpaired) electrons. The summed E-state index contributed by atoms with van der Waals surface area (Å²) in [6.45, 7) is 4.14. The molecule has 0 aromatic heterocycles. The first-order valence-electron chi connectivity index (χ1n) is 19.3. The Morgan fingerprint density at radius 1 is 0.421 bits per heavy atom. The van der Waals surface area contributed by atoms with E-state index in [2.05, 4.69) is 218 Å². The second-order valence-corrected chi connectivity index (χ2v) is 56.9. The average molecular weight is 1320 g/mol. The van der Waals surface area contributed by atoms with Crippen molar-refractivity contribution in [2.24, 2.45) is 0 Å². The Morgan fingerprint density at radius 2 is 0.649 bits per heavy atom. The van der Waals surface area contributed by atoms with E-state index in [4.69, 9.17) is 33.8 Å². The first kappa shape index (κ1) is 51.3. The second kappa shape index (κ2) is 28.5. The summed E-state index contributed by atoms with van der Waals surface area (Å²) in [4.78, 5) is 1.69. The van der Waals surface area contributed by atoms with E-state index in [9.17, 15) is 0 Å². The Kier molecular flexibility index (Phi) is 25.6. The van der Waals surface area contributed by atoms with Gasteiger partial charge < -0.3 is 0 Å². The number of hydrogen-bond acceptors (Lipinski definition) is 0. The van der Waals surface area contributed by atoms with Crippen LogP contribution in [0.4, 0.5) is 0 Å². The van der Waals surface area contributed by atoms with Gasteiger partial charge in [-0.1, -0.05) is 207 Å². The van der Waals surface area contributed by atoms with Gasteiger partial charge in [0.05, 0.1) is 0 Å². The molecule has 0 N–H and O–H groups in total. The number of halogens is 7. The fraction of sp³-hybridized carbons (Fsp3) is 0.250. The molecule has 0 aliphatic rings. The third-order valence-electron chi connectivity index (χ3n) is 9.39. The van der Waals surface area contributed by atoms with E-state index in [1.807, 2.05) is 35.7 Å². The zero-order valence-corrected chi connectivity index (χ0v) is 46.4. The summed E-state index contributed by atoms with van der Waals surface area (Å²) in [5.74, 6) is 0. The van der Waals surface area contributed by atoms with Gasteiger partial charge in [0.1, 0.15) is 0 Å². The van der Waals surface area contributed by atoms with Gasteiger partial charge in [-0.3, -0.25) is 0 Å². The number of benzene rings is 6. The summed E-state index contributed by atoms with van der Waals surface area (Å²) >= 11 is 28.1. The number of unbranched alkanes of at least 4 members (excludes halogenated alkanes) is 4. The molecular formula is C48H52Cl3I4SiV. The normalized spacial score (nSPS) is 10.7. The van der Waals surface area contributed by atoms with Crippen LogP contribution < -0.4 is 5.19 Å². The van der Waals surface area contributed by atoms with E-state index >= 15 is 0 Å². The van der Waals surface area contributed by atoms with Crippen LogP contribution in [0.1, 0.15) is 63.5 Å². The van der Waals surface area contributed by atoms with E-state index in [0.717, 1.165) is 10.2 Å². The van der Waals surface area contributed by atoms with Crippen LogP contribution in [0, 0.1) is 0 Å². The van der Waals surface area contributed by atoms with Gasteiger partial charge in [-0.25, -0.2) is 0 Å². The maximum atomic E-state index is 6.30. The molecule has 6 aromatic carbocycles. The molecule has 0 fully saturated rings. The molecule has 0 unspecified atom stereocenters. The fourth-order valence-electron chi connectivity index (χ4n) is 6.19. The van der Waals surface area contributed by atoms with Crippen LogP contribution in [0.5, 0.6) is 0 Å². The minimum atomic E-state index is -2.28. The van der Waals surface area contributed by atoms with E-state index in [-0.39, 0.29) is 4.92 Å². The van der Waals surface area contributed by atoms with Crippen molar-refractivity contribution < 1.29 is 4.92 Å². The first-order valence-corrected chi connectivity index (χ1v) is 39.8.